The minimum Gasteiger partial charge on any atom is -0.465 e. The lowest BCUT2D eigenvalue weighted by molar-refractivity contribution is -0.135. The molecule has 0 fully saturated rings. The normalized spacial score (nSPS) is 20.1. The van der Waals surface area contributed by atoms with E-state index in [2.05, 4.69) is 45.1 Å². The zero-order valence-corrected chi connectivity index (χ0v) is 20.0. The Kier molecular flexibility index (Phi) is 5.60. The Bertz CT molecular complexity index is 1130. The number of aryl methyl sites for hydroxylation is 2. The molecule has 2 heterocycles. The fourth-order valence-electron chi connectivity index (χ4n) is 3.56. The average Bonchev–Trinajstić information content (AvgIpc) is 3.15. The van der Waals surface area contributed by atoms with Gasteiger partial charge >= 0.3 is 5.97 Å². The molecule has 0 saturated heterocycles. The van der Waals surface area contributed by atoms with Crippen molar-refractivity contribution < 1.29 is 9.53 Å². The minimum atomic E-state index is -0.367. The zero-order valence-electron chi connectivity index (χ0n) is 17.6. The summed E-state index contributed by atoms with van der Waals surface area (Å²) >= 11 is 9.03. The highest BCUT2D eigenvalue weighted by molar-refractivity contribution is 8.32. The lowest BCUT2D eigenvalue weighted by atomic mass is 9.84. The number of methoxy groups -OCH3 is 1. The molecule has 2 aromatic rings. The second-order valence-electron chi connectivity index (χ2n) is 7.94. The number of ether oxygens (including phenoxy) is 1. The van der Waals surface area contributed by atoms with Gasteiger partial charge in [0, 0.05) is 26.6 Å². The second-order valence-corrected chi connectivity index (χ2v) is 10.7. The van der Waals surface area contributed by atoms with Crippen molar-refractivity contribution in [3.05, 3.63) is 73.9 Å². The predicted molar refractivity (Wildman–Crippen MR) is 134 cm³/mol. The number of carbonyl (C=O) groups excluding carboxylic acids is 1. The van der Waals surface area contributed by atoms with Crippen LogP contribution in [0.2, 0.25) is 0 Å². The Balaban J connectivity index is 1.91. The van der Waals surface area contributed by atoms with Gasteiger partial charge in [0.1, 0.15) is 4.91 Å². The molecule has 0 saturated carbocycles. The maximum Gasteiger partial charge on any atom is 0.345 e. The van der Waals surface area contributed by atoms with Crippen LogP contribution >= 0.6 is 35.7 Å². The molecule has 4 rings (SSSR count). The molecule has 2 aromatic carbocycles. The van der Waals surface area contributed by atoms with Gasteiger partial charge in [0.15, 0.2) is 0 Å². The Hall–Kier alpha value is -2.02. The first-order valence-electron chi connectivity index (χ1n) is 9.65. The van der Waals surface area contributed by atoms with E-state index < -0.39 is 0 Å². The van der Waals surface area contributed by atoms with Crippen LogP contribution in [0.25, 0.3) is 10.5 Å². The number of hydrogen-bond donors (Lipinski definition) is 1. The van der Waals surface area contributed by atoms with E-state index in [9.17, 15) is 4.79 Å². The van der Waals surface area contributed by atoms with E-state index in [1.807, 2.05) is 30.3 Å². The number of thioether (sulfide) groups is 2. The fourth-order valence-corrected chi connectivity index (χ4v) is 6.68. The number of anilines is 1. The zero-order chi connectivity index (χ0) is 21.6. The largest absolute Gasteiger partial charge is 0.465 e. The van der Waals surface area contributed by atoms with Gasteiger partial charge in [-0.3, -0.25) is 0 Å². The summed E-state index contributed by atoms with van der Waals surface area (Å²) in [4.78, 5) is 15.0. The molecule has 0 aromatic heterocycles. The predicted octanol–water partition coefficient (Wildman–Crippen LogP) is 6.57. The molecule has 154 valence electrons. The van der Waals surface area contributed by atoms with Crippen LogP contribution in [-0.4, -0.2) is 23.5 Å². The lowest BCUT2D eigenvalue weighted by Gasteiger charge is -2.37. The first kappa shape index (κ1) is 21.2. The molecule has 2 aliphatic rings. The van der Waals surface area contributed by atoms with Crippen molar-refractivity contribution >= 4 is 62.7 Å². The molecule has 3 nitrogen and oxygen atoms in total. The van der Waals surface area contributed by atoms with Gasteiger partial charge in [-0.15, -0.1) is 0 Å². The van der Waals surface area contributed by atoms with Crippen LogP contribution in [0.3, 0.4) is 0 Å². The average molecular weight is 454 g/mol. The van der Waals surface area contributed by atoms with Gasteiger partial charge < -0.3 is 10.1 Å². The van der Waals surface area contributed by atoms with Crippen LogP contribution < -0.4 is 5.32 Å². The third-order valence-corrected chi connectivity index (χ3v) is 8.69. The van der Waals surface area contributed by atoms with Crippen LogP contribution in [0.15, 0.2) is 51.6 Å². The number of benzene rings is 2. The Morgan fingerprint density at radius 1 is 1.07 bits per heavy atom. The number of hydrogen-bond acceptors (Lipinski definition) is 6. The van der Waals surface area contributed by atoms with Gasteiger partial charge in [0.2, 0.25) is 0 Å². The van der Waals surface area contributed by atoms with Crippen molar-refractivity contribution in [1.82, 2.24) is 0 Å². The molecule has 0 bridgehead atoms. The first-order chi connectivity index (χ1) is 14.2. The Morgan fingerprint density at radius 3 is 2.40 bits per heavy atom. The van der Waals surface area contributed by atoms with E-state index in [1.54, 1.807) is 11.8 Å². The van der Waals surface area contributed by atoms with E-state index in [0.717, 1.165) is 36.4 Å². The van der Waals surface area contributed by atoms with Gasteiger partial charge in [0.25, 0.3) is 0 Å². The van der Waals surface area contributed by atoms with Gasteiger partial charge in [-0.1, -0.05) is 66.1 Å². The minimum absolute atomic E-state index is 0.318. The number of thiocarbonyl (C=S) groups is 1. The van der Waals surface area contributed by atoms with Crippen LogP contribution in [0.5, 0.6) is 0 Å². The Morgan fingerprint density at radius 2 is 1.73 bits per heavy atom. The molecular formula is C24H23NO2S3. The number of carbonyl (C=O) groups is 1. The topological polar surface area (TPSA) is 38.3 Å². The maximum atomic E-state index is 12.6. The lowest BCUT2D eigenvalue weighted by Crippen LogP contribution is -2.43. The van der Waals surface area contributed by atoms with E-state index in [4.69, 9.17) is 17.0 Å². The number of esters is 1. The van der Waals surface area contributed by atoms with Crippen molar-refractivity contribution in [1.29, 1.82) is 0 Å². The van der Waals surface area contributed by atoms with E-state index in [0.29, 0.717) is 4.91 Å². The van der Waals surface area contributed by atoms with E-state index in [-0.39, 0.29) is 11.5 Å². The summed E-state index contributed by atoms with van der Waals surface area (Å²) in [6.45, 7) is 8.44. The van der Waals surface area contributed by atoms with Crippen molar-refractivity contribution in [2.24, 2.45) is 0 Å². The number of rotatable bonds is 2. The van der Waals surface area contributed by atoms with Crippen molar-refractivity contribution in [2.75, 3.05) is 12.4 Å². The molecule has 0 radical (unpaired) electrons. The van der Waals surface area contributed by atoms with Crippen molar-refractivity contribution in [3.63, 3.8) is 0 Å². The number of nitrogens with one attached hydrogen (secondary N) is 1. The molecule has 6 heteroatoms. The maximum absolute atomic E-state index is 12.6. The highest BCUT2D eigenvalue weighted by atomic mass is 32.2. The molecule has 0 spiro atoms. The SMILES string of the molecule is COC(=O)C1=C(c2ccccc2)S/C(=C2\C(=S)C(C)(C)Nc3cc(C)c(C)cc32)S1. The first-order valence-corrected chi connectivity index (χ1v) is 11.7. The quantitative estimate of drug-likeness (QED) is 0.315. The van der Waals surface area contributed by atoms with Crippen molar-refractivity contribution in [2.45, 2.75) is 33.2 Å². The summed E-state index contributed by atoms with van der Waals surface area (Å²) < 4.78 is 6.12. The van der Waals surface area contributed by atoms with Crippen LogP contribution in [0, 0.1) is 13.8 Å². The van der Waals surface area contributed by atoms with Crippen LogP contribution in [-0.2, 0) is 9.53 Å². The smallest absolute Gasteiger partial charge is 0.345 e. The summed E-state index contributed by atoms with van der Waals surface area (Å²) in [5, 5.41) is 3.60. The van der Waals surface area contributed by atoms with E-state index in [1.165, 1.54) is 30.0 Å². The van der Waals surface area contributed by atoms with Crippen molar-refractivity contribution in [3.8, 4) is 0 Å². The van der Waals surface area contributed by atoms with Crippen LogP contribution in [0.4, 0.5) is 5.69 Å². The summed E-state index contributed by atoms with van der Waals surface area (Å²) in [5.74, 6) is -0.318. The molecular weight excluding hydrogens is 430 g/mol. The molecule has 1 N–H and O–H groups in total. The second kappa shape index (κ2) is 7.91. The molecule has 0 atom stereocenters. The van der Waals surface area contributed by atoms with Gasteiger partial charge in [-0.2, -0.15) is 0 Å². The van der Waals surface area contributed by atoms with Crippen LogP contribution in [0.1, 0.15) is 36.1 Å². The number of fused-ring (bicyclic) bond motifs is 1. The third-order valence-electron chi connectivity index (χ3n) is 5.35. The summed E-state index contributed by atoms with van der Waals surface area (Å²) in [7, 11) is 1.42. The Labute approximate surface area is 191 Å². The summed E-state index contributed by atoms with van der Waals surface area (Å²) in [5.41, 5.74) is 6.30. The van der Waals surface area contributed by atoms with Gasteiger partial charge in [0.05, 0.1) is 16.9 Å². The molecule has 0 aliphatic carbocycles. The highest BCUT2D eigenvalue weighted by Crippen LogP contribution is 2.58. The molecule has 30 heavy (non-hydrogen) atoms. The van der Waals surface area contributed by atoms with Gasteiger partial charge in [-0.25, -0.2) is 4.79 Å². The monoisotopic (exact) mass is 453 g/mol. The fraction of sp³-hybridized carbons (Fsp3) is 0.250. The molecule has 0 amide bonds. The highest BCUT2D eigenvalue weighted by Gasteiger charge is 2.38. The standard InChI is InChI=1S/C24H23NO2S3/c1-13-11-16-17(12-14(13)2)25-24(3,4)21(28)18(16)23-29-19(15-9-7-6-8-10-15)20(30-23)22(26)27-5/h6-12,25H,1-5H3/b23-18+. The molecule has 0 unspecified atom stereocenters. The summed E-state index contributed by atoms with van der Waals surface area (Å²) in [6, 6.07) is 14.4. The van der Waals surface area contributed by atoms with Gasteiger partial charge in [-0.05, 0) is 56.5 Å². The third kappa shape index (κ3) is 3.61. The molecule has 2 aliphatic heterocycles. The summed E-state index contributed by atoms with van der Waals surface area (Å²) in [6.07, 6.45) is 0. The van der Waals surface area contributed by atoms with E-state index >= 15 is 0 Å².